The van der Waals surface area contributed by atoms with Crippen LogP contribution in [0.1, 0.15) is 15.9 Å². The fourth-order valence-electron chi connectivity index (χ4n) is 1.70. The second kappa shape index (κ2) is 6.91. The number of ether oxygens (including phenoxy) is 1. The normalized spacial score (nSPS) is 10.1. The summed E-state index contributed by atoms with van der Waals surface area (Å²) in [4.78, 5) is 15.6. The smallest absolute Gasteiger partial charge is 0.252 e. The van der Waals surface area contributed by atoms with Crippen molar-refractivity contribution in [2.45, 2.75) is 6.92 Å². The molecule has 1 aromatic heterocycles. The molecular formula is C15H15ClN2O2. The van der Waals surface area contributed by atoms with Crippen molar-refractivity contribution in [1.29, 1.82) is 0 Å². The van der Waals surface area contributed by atoms with Gasteiger partial charge in [0.25, 0.3) is 5.91 Å². The van der Waals surface area contributed by atoms with Gasteiger partial charge in [-0.3, -0.25) is 9.78 Å². The number of nitrogens with zero attached hydrogens (tertiary/aromatic N) is 1. The lowest BCUT2D eigenvalue weighted by Crippen LogP contribution is -2.28. The standard InChI is InChI=1S/C15H15ClN2O2/c1-11-9-13(16)4-5-14(11)20-8-7-18-15(19)12-3-2-6-17-10-12/h2-6,9-10H,7-8H2,1H3,(H,18,19). The molecule has 0 atom stereocenters. The Morgan fingerprint density at radius 3 is 2.95 bits per heavy atom. The first-order valence-electron chi connectivity index (χ1n) is 6.24. The minimum atomic E-state index is -0.158. The summed E-state index contributed by atoms with van der Waals surface area (Å²) in [5, 5.41) is 3.45. The molecule has 1 N–H and O–H groups in total. The summed E-state index contributed by atoms with van der Waals surface area (Å²) in [6, 6.07) is 8.87. The molecule has 1 heterocycles. The number of halogens is 1. The predicted octanol–water partition coefficient (Wildman–Crippen LogP) is 2.85. The van der Waals surface area contributed by atoms with Crippen molar-refractivity contribution < 1.29 is 9.53 Å². The van der Waals surface area contributed by atoms with Gasteiger partial charge in [-0.25, -0.2) is 0 Å². The zero-order valence-electron chi connectivity index (χ0n) is 11.1. The fourth-order valence-corrected chi connectivity index (χ4v) is 1.93. The monoisotopic (exact) mass is 290 g/mol. The highest BCUT2D eigenvalue weighted by Gasteiger charge is 2.04. The highest BCUT2D eigenvalue weighted by molar-refractivity contribution is 6.30. The van der Waals surface area contributed by atoms with Gasteiger partial charge in [0.05, 0.1) is 12.1 Å². The summed E-state index contributed by atoms with van der Waals surface area (Å²) in [7, 11) is 0. The van der Waals surface area contributed by atoms with Crippen molar-refractivity contribution in [3.05, 3.63) is 58.9 Å². The molecule has 0 unspecified atom stereocenters. The molecule has 0 saturated carbocycles. The quantitative estimate of drug-likeness (QED) is 0.862. The molecule has 4 nitrogen and oxygen atoms in total. The van der Waals surface area contributed by atoms with Crippen LogP contribution in [-0.4, -0.2) is 24.0 Å². The Kier molecular flexibility index (Phi) is 4.96. The topological polar surface area (TPSA) is 51.2 Å². The van der Waals surface area contributed by atoms with Crippen LogP contribution < -0.4 is 10.1 Å². The molecule has 0 aliphatic carbocycles. The molecule has 0 aliphatic rings. The van der Waals surface area contributed by atoms with Crippen molar-refractivity contribution in [2.75, 3.05) is 13.2 Å². The lowest BCUT2D eigenvalue weighted by atomic mass is 10.2. The number of hydrogen-bond acceptors (Lipinski definition) is 3. The van der Waals surface area contributed by atoms with E-state index in [1.54, 1.807) is 24.4 Å². The molecular weight excluding hydrogens is 276 g/mol. The Morgan fingerprint density at radius 1 is 1.40 bits per heavy atom. The predicted molar refractivity (Wildman–Crippen MR) is 78.3 cm³/mol. The van der Waals surface area contributed by atoms with E-state index >= 15 is 0 Å². The second-order valence-electron chi connectivity index (χ2n) is 4.26. The highest BCUT2D eigenvalue weighted by Crippen LogP contribution is 2.21. The Hall–Kier alpha value is -2.07. The first-order valence-corrected chi connectivity index (χ1v) is 6.62. The molecule has 0 fully saturated rings. The van der Waals surface area contributed by atoms with Crippen LogP contribution in [0.3, 0.4) is 0 Å². The molecule has 0 bridgehead atoms. The fraction of sp³-hybridized carbons (Fsp3) is 0.200. The third-order valence-corrected chi connectivity index (χ3v) is 2.94. The van der Waals surface area contributed by atoms with Crippen LogP contribution in [0.4, 0.5) is 0 Å². The lowest BCUT2D eigenvalue weighted by molar-refractivity contribution is 0.0946. The third kappa shape index (κ3) is 3.96. The largest absolute Gasteiger partial charge is 0.491 e. The van der Waals surface area contributed by atoms with Crippen molar-refractivity contribution in [3.63, 3.8) is 0 Å². The average molecular weight is 291 g/mol. The maximum atomic E-state index is 11.7. The van der Waals surface area contributed by atoms with E-state index in [2.05, 4.69) is 10.3 Å². The second-order valence-corrected chi connectivity index (χ2v) is 4.69. The summed E-state index contributed by atoms with van der Waals surface area (Å²) in [6.07, 6.45) is 3.16. The van der Waals surface area contributed by atoms with E-state index in [1.165, 1.54) is 6.20 Å². The van der Waals surface area contributed by atoms with Crippen molar-refractivity contribution in [2.24, 2.45) is 0 Å². The molecule has 2 rings (SSSR count). The zero-order valence-corrected chi connectivity index (χ0v) is 11.9. The maximum absolute atomic E-state index is 11.7. The van der Waals surface area contributed by atoms with Crippen LogP contribution in [-0.2, 0) is 0 Å². The summed E-state index contributed by atoms with van der Waals surface area (Å²) >= 11 is 5.87. The lowest BCUT2D eigenvalue weighted by Gasteiger charge is -2.10. The van der Waals surface area contributed by atoms with E-state index in [-0.39, 0.29) is 5.91 Å². The zero-order chi connectivity index (χ0) is 14.4. The number of rotatable bonds is 5. The van der Waals surface area contributed by atoms with Crippen LogP contribution in [0.15, 0.2) is 42.7 Å². The highest BCUT2D eigenvalue weighted by atomic mass is 35.5. The molecule has 0 aliphatic heterocycles. The van der Waals surface area contributed by atoms with E-state index in [0.717, 1.165) is 11.3 Å². The molecule has 104 valence electrons. The van der Waals surface area contributed by atoms with Gasteiger partial charge < -0.3 is 10.1 Å². The molecule has 1 aromatic carbocycles. The molecule has 0 spiro atoms. The van der Waals surface area contributed by atoms with Gasteiger partial charge in [-0.05, 0) is 42.8 Å². The Balaban J connectivity index is 1.78. The number of carbonyl (C=O) groups excluding carboxylic acids is 1. The minimum absolute atomic E-state index is 0.158. The van der Waals surface area contributed by atoms with Crippen molar-refractivity contribution in [3.8, 4) is 5.75 Å². The number of aryl methyl sites for hydroxylation is 1. The number of benzene rings is 1. The maximum Gasteiger partial charge on any atom is 0.252 e. The van der Waals surface area contributed by atoms with Crippen LogP contribution in [0.5, 0.6) is 5.75 Å². The van der Waals surface area contributed by atoms with Gasteiger partial charge in [0.2, 0.25) is 0 Å². The van der Waals surface area contributed by atoms with Gasteiger partial charge in [0.1, 0.15) is 12.4 Å². The molecule has 0 saturated heterocycles. The third-order valence-electron chi connectivity index (χ3n) is 2.71. The van der Waals surface area contributed by atoms with Crippen LogP contribution in [0.25, 0.3) is 0 Å². The Labute approximate surface area is 122 Å². The van der Waals surface area contributed by atoms with Gasteiger partial charge in [-0.2, -0.15) is 0 Å². The Morgan fingerprint density at radius 2 is 2.25 bits per heavy atom. The Bertz CT molecular complexity index is 588. The number of aromatic nitrogens is 1. The van der Waals surface area contributed by atoms with E-state index in [1.807, 2.05) is 19.1 Å². The number of carbonyl (C=O) groups is 1. The molecule has 5 heteroatoms. The van der Waals surface area contributed by atoms with Crippen LogP contribution in [0.2, 0.25) is 5.02 Å². The SMILES string of the molecule is Cc1cc(Cl)ccc1OCCNC(=O)c1cccnc1. The van der Waals surface area contributed by atoms with E-state index < -0.39 is 0 Å². The molecule has 1 amide bonds. The van der Waals surface area contributed by atoms with Gasteiger partial charge in [-0.15, -0.1) is 0 Å². The van der Waals surface area contributed by atoms with Gasteiger partial charge in [0.15, 0.2) is 0 Å². The van der Waals surface area contributed by atoms with Gasteiger partial charge in [0, 0.05) is 17.4 Å². The number of hydrogen-bond donors (Lipinski definition) is 1. The first kappa shape index (κ1) is 14.3. The molecule has 20 heavy (non-hydrogen) atoms. The average Bonchev–Trinajstić information content (AvgIpc) is 2.46. The van der Waals surface area contributed by atoms with Gasteiger partial charge in [-0.1, -0.05) is 11.6 Å². The van der Waals surface area contributed by atoms with E-state index in [4.69, 9.17) is 16.3 Å². The summed E-state index contributed by atoms with van der Waals surface area (Å²) < 4.78 is 5.59. The summed E-state index contributed by atoms with van der Waals surface area (Å²) in [5.41, 5.74) is 1.51. The first-order chi connectivity index (χ1) is 9.66. The summed E-state index contributed by atoms with van der Waals surface area (Å²) in [6.45, 7) is 2.75. The van der Waals surface area contributed by atoms with Crippen molar-refractivity contribution in [1.82, 2.24) is 10.3 Å². The minimum Gasteiger partial charge on any atom is -0.491 e. The number of amides is 1. The molecule has 2 aromatic rings. The van der Waals surface area contributed by atoms with Gasteiger partial charge >= 0.3 is 0 Å². The molecule has 0 radical (unpaired) electrons. The van der Waals surface area contributed by atoms with Crippen molar-refractivity contribution >= 4 is 17.5 Å². The van der Waals surface area contributed by atoms with Crippen LogP contribution in [0, 0.1) is 6.92 Å². The van der Waals surface area contributed by atoms with Crippen LogP contribution >= 0.6 is 11.6 Å². The number of pyridine rings is 1. The van der Waals surface area contributed by atoms with E-state index in [9.17, 15) is 4.79 Å². The number of nitrogens with one attached hydrogen (secondary N) is 1. The van der Waals surface area contributed by atoms with E-state index in [0.29, 0.717) is 23.7 Å². The summed E-state index contributed by atoms with van der Waals surface area (Å²) in [5.74, 6) is 0.611.